The summed E-state index contributed by atoms with van der Waals surface area (Å²) in [7, 11) is 0. The van der Waals surface area contributed by atoms with Gasteiger partial charge in [0.05, 0.1) is 0 Å². The van der Waals surface area contributed by atoms with E-state index in [1.165, 1.54) is 0 Å². The standard InChI is InChI=1S/C24H21IN2O2/c25-21-13-11-20(12-14-21)23(28)27-22(17-19-9-5-2-6-10-19)24(29)26-16-15-18-7-3-1-4-8-18/h1-14,17H,15-16H2,(H,26,29)(H,27,28). The van der Waals surface area contributed by atoms with Gasteiger partial charge in [-0.1, -0.05) is 60.7 Å². The first-order valence-corrected chi connectivity index (χ1v) is 10.4. The molecule has 2 N–H and O–H groups in total. The van der Waals surface area contributed by atoms with Crippen LogP contribution in [-0.4, -0.2) is 18.4 Å². The SMILES string of the molecule is O=C(NCCc1ccccc1)C(=Cc1ccccc1)NC(=O)c1ccc(I)cc1. The van der Waals surface area contributed by atoms with Crippen molar-refractivity contribution in [3.8, 4) is 0 Å². The number of hydrogen-bond acceptors (Lipinski definition) is 2. The van der Waals surface area contributed by atoms with Crippen molar-refractivity contribution >= 4 is 40.5 Å². The van der Waals surface area contributed by atoms with Gasteiger partial charge < -0.3 is 10.6 Å². The lowest BCUT2D eigenvalue weighted by atomic mass is 10.1. The first-order chi connectivity index (χ1) is 14.1. The third kappa shape index (κ3) is 6.57. The Balaban J connectivity index is 1.72. The van der Waals surface area contributed by atoms with Crippen LogP contribution in [-0.2, 0) is 11.2 Å². The van der Waals surface area contributed by atoms with E-state index in [-0.39, 0.29) is 17.5 Å². The molecule has 0 aliphatic rings. The van der Waals surface area contributed by atoms with E-state index in [1.807, 2.05) is 72.8 Å². The molecule has 4 nitrogen and oxygen atoms in total. The quantitative estimate of drug-likeness (QED) is 0.376. The fourth-order valence-electron chi connectivity index (χ4n) is 2.73. The summed E-state index contributed by atoms with van der Waals surface area (Å²) in [6.45, 7) is 0.481. The topological polar surface area (TPSA) is 58.2 Å². The minimum atomic E-state index is -0.318. The zero-order valence-corrected chi connectivity index (χ0v) is 17.9. The normalized spacial score (nSPS) is 11.0. The number of carbonyl (C=O) groups excluding carboxylic acids is 2. The van der Waals surface area contributed by atoms with Crippen LogP contribution in [0.5, 0.6) is 0 Å². The summed E-state index contributed by atoms with van der Waals surface area (Å²) in [5.74, 6) is -0.634. The summed E-state index contributed by atoms with van der Waals surface area (Å²) in [6, 6.07) is 26.6. The second-order valence-electron chi connectivity index (χ2n) is 6.42. The number of rotatable bonds is 7. The highest BCUT2D eigenvalue weighted by Gasteiger charge is 2.14. The van der Waals surface area contributed by atoms with Crippen molar-refractivity contribution in [1.82, 2.24) is 10.6 Å². The second kappa shape index (κ2) is 10.6. The highest BCUT2D eigenvalue weighted by Crippen LogP contribution is 2.09. The van der Waals surface area contributed by atoms with Crippen molar-refractivity contribution < 1.29 is 9.59 Å². The lowest BCUT2D eigenvalue weighted by molar-refractivity contribution is -0.117. The van der Waals surface area contributed by atoms with Crippen LogP contribution in [0.2, 0.25) is 0 Å². The summed E-state index contributed by atoms with van der Waals surface area (Å²) in [6.07, 6.45) is 2.40. The molecule has 0 atom stereocenters. The summed E-state index contributed by atoms with van der Waals surface area (Å²) in [4.78, 5) is 25.4. The number of carbonyl (C=O) groups is 2. The highest BCUT2D eigenvalue weighted by atomic mass is 127. The van der Waals surface area contributed by atoms with E-state index in [0.29, 0.717) is 12.1 Å². The molecule has 2 amide bonds. The second-order valence-corrected chi connectivity index (χ2v) is 7.67. The van der Waals surface area contributed by atoms with Gasteiger partial charge in [-0.2, -0.15) is 0 Å². The van der Waals surface area contributed by atoms with Crippen LogP contribution in [0.15, 0.2) is 90.6 Å². The molecule has 29 heavy (non-hydrogen) atoms. The smallest absolute Gasteiger partial charge is 0.267 e. The molecule has 0 aliphatic heterocycles. The minimum Gasteiger partial charge on any atom is -0.350 e. The van der Waals surface area contributed by atoms with Gasteiger partial charge in [-0.05, 0) is 70.5 Å². The minimum absolute atomic E-state index is 0.216. The van der Waals surface area contributed by atoms with E-state index in [2.05, 4.69) is 33.2 Å². The molecule has 3 rings (SSSR count). The van der Waals surface area contributed by atoms with E-state index in [0.717, 1.165) is 21.1 Å². The van der Waals surface area contributed by atoms with Gasteiger partial charge in [-0.15, -0.1) is 0 Å². The van der Waals surface area contributed by atoms with Gasteiger partial charge in [0.1, 0.15) is 5.70 Å². The Morgan fingerprint density at radius 3 is 2.10 bits per heavy atom. The van der Waals surface area contributed by atoms with E-state index < -0.39 is 0 Å². The maximum atomic E-state index is 12.8. The zero-order valence-electron chi connectivity index (χ0n) is 15.8. The predicted octanol–water partition coefficient (Wildman–Crippen LogP) is 4.42. The van der Waals surface area contributed by atoms with Gasteiger partial charge in [-0.3, -0.25) is 9.59 Å². The van der Waals surface area contributed by atoms with E-state index in [1.54, 1.807) is 18.2 Å². The Morgan fingerprint density at radius 1 is 0.828 bits per heavy atom. The maximum absolute atomic E-state index is 12.8. The molecule has 0 unspecified atom stereocenters. The van der Waals surface area contributed by atoms with Crippen molar-refractivity contribution in [2.45, 2.75) is 6.42 Å². The van der Waals surface area contributed by atoms with Gasteiger partial charge >= 0.3 is 0 Å². The molecule has 0 saturated carbocycles. The fourth-order valence-corrected chi connectivity index (χ4v) is 3.09. The van der Waals surface area contributed by atoms with E-state index in [4.69, 9.17) is 0 Å². The third-order valence-electron chi connectivity index (χ3n) is 4.25. The van der Waals surface area contributed by atoms with Crippen LogP contribution < -0.4 is 10.6 Å². The first kappa shape index (κ1) is 20.8. The van der Waals surface area contributed by atoms with Crippen LogP contribution in [0.4, 0.5) is 0 Å². The number of nitrogens with one attached hydrogen (secondary N) is 2. The number of halogens is 1. The lowest BCUT2D eigenvalue weighted by Crippen LogP contribution is -2.35. The summed E-state index contributed by atoms with van der Waals surface area (Å²) in [5, 5.41) is 5.65. The van der Waals surface area contributed by atoms with Crippen LogP contribution in [0.3, 0.4) is 0 Å². The van der Waals surface area contributed by atoms with Crippen LogP contribution in [0.1, 0.15) is 21.5 Å². The van der Waals surface area contributed by atoms with Crippen molar-refractivity contribution in [2.24, 2.45) is 0 Å². The van der Waals surface area contributed by atoms with Crippen molar-refractivity contribution in [3.05, 3.63) is 111 Å². The van der Waals surface area contributed by atoms with Crippen LogP contribution >= 0.6 is 22.6 Å². The molecule has 0 aliphatic carbocycles. The monoisotopic (exact) mass is 496 g/mol. The number of amides is 2. The van der Waals surface area contributed by atoms with Gasteiger partial charge in [0.15, 0.2) is 0 Å². The third-order valence-corrected chi connectivity index (χ3v) is 4.97. The Bertz CT molecular complexity index is 984. The molecular formula is C24H21IN2O2. The van der Waals surface area contributed by atoms with Gasteiger partial charge in [0, 0.05) is 15.7 Å². The maximum Gasteiger partial charge on any atom is 0.267 e. The molecule has 5 heteroatoms. The number of benzene rings is 3. The molecule has 3 aromatic carbocycles. The van der Waals surface area contributed by atoms with Gasteiger partial charge in [0.2, 0.25) is 0 Å². The Morgan fingerprint density at radius 2 is 1.45 bits per heavy atom. The molecule has 0 aromatic heterocycles. The van der Waals surface area contributed by atoms with Gasteiger partial charge in [0.25, 0.3) is 11.8 Å². The molecule has 0 spiro atoms. The summed E-state index contributed by atoms with van der Waals surface area (Å²) in [5.41, 5.74) is 2.70. The molecule has 3 aromatic rings. The van der Waals surface area contributed by atoms with Crippen molar-refractivity contribution in [1.29, 1.82) is 0 Å². The molecule has 0 fully saturated rings. The zero-order chi connectivity index (χ0) is 20.5. The molecule has 0 radical (unpaired) electrons. The summed E-state index contributed by atoms with van der Waals surface area (Å²) >= 11 is 2.18. The highest BCUT2D eigenvalue weighted by molar-refractivity contribution is 14.1. The Labute approximate surface area is 184 Å². The average molecular weight is 496 g/mol. The molecule has 146 valence electrons. The number of hydrogen-bond donors (Lipinski definition) is 2. The van der Waals surface area contributed by atoms with Crippen molar-refractivity contribution in [3.63, 3.8) is 0 Å². The largest absolute Gasteiger partial charge is 0.350 e. The predicted molar refractivity (Wildman–Crippen MR) is 124 cm³/mol. The fraction of sp³-hybridized carbons (Fsp3) is 0.0833. The lowest BCUT2D eigenvalue weighted by Gasteiger charge is -2.11. The van der Waals surface area contributed by atoms with Crippen LogP contribution in [0, 0.1) is 3.57 Å². The first-order valence-electron chi connectivity index (χ1n) is 9.27. The molecule has 0 heterocycles. The summed E-state index contributed by atoms with van der Waals surface area (Å²) < 4.78 is 1.04. The van der Waals surface area contributed by atoms with E-state index in [9.17, 15) is 9.59 Å². The van der Waals surface area contributed by atoms with Crippen LogP contribution in [0.25, 0.3) is 6.08 Å². The molecule has 0 bridgehead atoms. The van der Waals surface area contributed by atoms with Crippen molar-refractivity contribution in [2.75, 3.05) is 6.54 Å². The Kier molecular flexibility index (Phi) is 7.58. The molecule has 0 saturated heterocycles. The molecular weight excluding hydrogens is 475 g/mol. The van der Waals surface area contributed by atoms with Gasteiger partial charge in [-0.25, -0.2) is 0 Å². The Hall–Kier alpha value is -2.93. The van der Waals surface area contributed by atoms with E-state index >= 15 is 0 Å². The average Bonchev–Trinajstić information content (AvgIpc) is 2.75.